The van der Waals surface area contributed by atoms with Crippen LogP contribution < -0.4 is 10.7 Å². The topological polar surface area (TPSA) is 36.4 Å². The second-order valence-corrected chi connectivity index (χ2v) is 5.95. The number of hydrazone groups is 1. The normalized spacial score (nSPS) is 11.3. The van der Waals surface area contributed by atoms with Crippen LogP contribution in [-0.2, 0) is 0 Å². The Morgan fingerprint density at radius 2 is 1.35 bits per heavy atom. The second-order valence-electron chi connectivity index (χ2n) is 5.54. The third-order valence-corrected chi connectivity index (χ3v) is 3.81. The number of anilines is 1. The first kappa shape index (κ1) is 17.6. The van der Waals surface area contributed by atoms with E-state index in [4.69, 9.17) is 12.2 Å². The Morgan fingerprint density at radius 1 is 0.769 bits per heavy atom. The van der Waals surface area contributed by atoms with Gasteiger partial charge in [0.1, 0.15) is 0 Å². The minimum Gasteiger partial charge on any atom is -0.331 e. The van der Waals surface area contributed by atoms with Crippen LogP contribution in [0.2, 0.25) is 0 Å². The van der Waals surface area contributed by atoms with E-state index in [1.165, 1.54) is 0 Å². The molecule has 4 heteroatoms. The number of hydrogen-bond donors (Lipinski definition) is 2. The lowest BCUT2D eigenvalue weighted by molar-refractivity contribution is 1.04. The van der Waals surface area contributed by atoms with E-state index >= 15 is 0 Å². The highest BCUT2D eigenvalue weighted by Gasteiger charge is 2.01. The zero-order chi connectivity index (χ0) is 18.0. The van der Waals surface area contributed by atoms with Gasteiger partial charge in [-0.3, -0.25) is 5.43 Å². The fraction of sp³-hybridized carbons (Fsp3) is 0. The Bertz CT molecular complexity index is 888. The lowest BCUT2D eigenvalue weighted by atomic mass is 10.1. The van der Waals surface area contributed by atoms with Gasteiger partial charge >= 0.3 is 0 Å². The first-order valence-electron chi connectivity index (χ1n) is 8.29. The molecule has 26 heavy (non-hydrogen) atoms. The Labute approximate surface area is 159 Å². The van der Waals surface area contributed by atoms with Crippen molar-refractivity contribution in [2.24, 2.45) is 5.10 Å². The fourth-order valence-corrected chi connectivity index (χ4v) is 2.50. The molecule has 3 aromatic carbocycles. The Kier molecular flexibility index (Phi) is 6.29. The molecule has 0 aliphatic rings. The highest BCUT2D eigenvalue weighted by molar-refractivity contribution is 7.80. The largest absolute Gasteiger partial charge is 0.331 e. The smallest absolute Gasteiger partial charge is 0.191 e. The first-order valence-corrected chi connectivity index (χ1v) is 8.70. The van der Waals surface area contributed by atoms with Crippen molar-refractivity contribution in [3.8, 4) is 0 Å². The van der Waals surface area contributed by atoms with Crippen LogP contribution in [-0.4, -0.2) is 10.8 Å². The quantitative estimate of drug-likeness (QED) is 0.379. The molecule has 0 aliphatic carbocycles. The van der Waals surface area contributed by atoms with Crippen LogP contribution in [0.3, 0.4) is 0 Å². The van der Waals surface area contributed by atoms with Crippen LogP contribution in [0.15, 0.2) is 102 Å². The van der Waals surface area contributed by atoms with Gasteiger partial charge in [-0.15, -0.1) is 0 Å². The summed E-state index contributed by atoms with van der Waals surface area (Å²) >= 11 is 5.33. The Balaban J connectivity index is 1.75. The summed E-state index contributed by atoms with van der Waals surface area (Å²) < 4.78 is 0. The summed E-state index contributed by atoms with van der Waals surface area (Å²) in [6, 6.07) is 29.9. The molecular weight excluding hydrogens is 338 g/mol. The first-order chi connectivity index (χ1) is 12.8. The van der Waals surface area contributed by atoms with Gasteiger partial charge in [0.25, 0.3) is 0 Å². The summed E-state index contributed by atoms with van der Waals surface area (Å²) in [5.74, 6) is 0. The molecule has 0 spiro atoms. The number of allylic oxidation sites excluding steroid dienone is 1. The maximum Gasteiger partial charge on any atom is 0.191 e. The molecular formula is C22H19N3S. The maximum absolute atomic E-state index is 5.33. The van der Waals surface area contributed by atoms with E-state index in [2.05, 4.69) is 15.8 Å². The summed E-state index contributed by atoms with van der Waals surface area (Å²) in [7, 11) is 0. The van der Waals surface area contributed by atoms with Gasteiger partial charge in [-0.25, -0.2) is 0 Å². The molecule has 3 nitrogen and oxygen atoms in total. The van der Waals surface area contributed by atoms with Crippen LogP contribution >= 0.6 is 12.2 Å². The van der Waals surface area contributed by atoms with Crippen molar-refractivity contribution in [3.05, 3.63) is 108 Å². The number of benzene rings is 3. The van der Waals surface area contributed by atoms with Gasteiger partial charge in [0.15, 0.2) is 5.11 Å². The molecule has 0 fully saturated rings. The minimum absolute atomic E-state index is 0.442. The number of nitrogens with one attached hydrogen (secondary N) is 2. The molecule has 0 aliphatic heterocycles. The van der Waals surface area contributed by atoms with E-state index in [-0.39, 0.29) is 0 Å². The SMILES string of the molecule is S=C(N/N=C(/C=C/c1ccccc1)c1ccccc1)Nc1ccccc1. The number of nitrogens with zero attached hydrogens (tertiary/aromatic N) is 1. The standard InChI is InChI=1S/C22H19N3S/c26-22(23-20-14-8-3-9-15-20)25-24-21(19-12-6-2-7-13-19)17-16-18-10-4-1-5-11-18/h1-17H,(H2,23,25,26)/b17-16+,24-21-. The van der Waals surface area contributed by atoms with Crippen LogP contribution in [0.1, 0.15) is 11.1 Å². The zero-order valence-electron chi connectivity index (χ0n) is 14.2. The predicted octanol–water partition coefficient (Wildman–Crippen LogP) is 5.09. The van der Waals surface area contributed by atoms with Crippen LogP contribution in [0, 0.1) is 0 Å². The van der Waals surface area contributed by atoms with Crippen LogP contribution in [0.25, 0.3) is 6.08 Å². The lowest BCUT2D eigenvalue weighted by Crippen LogP contribution is -2.25. The van der Waals surface area contributed by atoms with Gasteiger partial charge in [-0.05, 0) is 36.0 Å². The van der Waals surface area contributed by atoms with Crippen molar-refractivity contribution >= 4 is 34.8 Å². The summed E-state index contributed by atoms with van der Waals surface area (Å²) in [4.78, 5) is 0. The molecule has 0 atom stereocenters. The lowest BCUT2D eigenvalue weighted by Gasteiger charge is -2.08. The van der Waals surface area contributed by atoms with Crippen molar-refractivity contribution in [3.63, 3.8) is 0 Å². The molecule has 0 bridgehead atoms. The van der Waals surface area contributed by atoms with E-state index in [9.17, 15) is 0 Å². The molecule has 2 N–H and O–H groups in total. The van der Waals surface area contributed by atoms with Crippen molar-refractivity contribution in [1.82, 2.24) is 5.43 Å². The fourth-order valence-electron chi connectivity index (χ4n) is 2.34. The van der Waals surface area contributed by atoms with Crippen LogP contribution in [0.5, 0.6) is 0 Å². The van der Waals surface area contributed by atoms with Gasteiger partial charge in [0.2, 0.25) is 0 Å². The molecule has 0 amide bonds. The molecule has 0 unspecified atom stereocenters. The zero-order valence-corrected chi connectivity index (χ0v) is 15.0. The second kappa shape index (κ2) is 9.30. The molecule has 3 rings (SSSR count). The van der Waals surface area contributed by atoms with Crippen LogP contribution in [0.4, 0.5) is 5.69 Å². The third kappa shape index (κ3) is 5.40. The monoisotopic (exact) mass is 357 g/mol. The van der Waals surface area contributed by atoms with Gasteiger partial charge in [0, 0.05) is 11.3 Å². The average molecular weight is 357 g/mol. The van der Waals surface area contributed by atoms with Crippen molar-refractivity contribution in [2.75, 3.05) is 5.32 Å². The van der Waals surface area contributed by atoms with Crippen molar-refractivity contribution in [1.29, 1.82) is 0 Å². The predicted molar refractivity (Wildman–Crippen MR) is 114 cm³/mol. The summed E-state index contributed by atoms with van der Waals surface area (Å²) in [5, 5.41) is 8.04. The molecule has 128 valence electrons. The average Bonchev–Trinajstić information content (AvgIpc) is 2.70. The maximum atomic E-state index is 5.33. The highest BCUT2D eigenvalue weighted by Crippen LogP contribution is 2.07. The van der Waals surface area contributed by atoms with E-state index in [1.54, 1.807) is 0 Å². The molecule has 0 aromatic heterocycles. The van der Waals surface area contributed by atoms with Crippen molar-refractivity contribution < 1.29 is 0 Å². The summed E-state index contributed by atoms with van der Waals surface area (Å²) in [6.07, 6.45) is 4.00. The summed E-state index contributed by atoms with van der Waals surface area (Å²) in [5.41, 5.74) is 6.76. The van der Waals surface area contributed by atoms with E-state index < -0.39 is 0 Å². The van der Waals surface area contributed by atoms with Gasteiger partial charge in [-0.2, -0.15) is 5.10 Å². The van der Waals surface area contributed by atoms with Gasteiger partial charge < -0.3 is 5.32 Å². The minimum atomic E-state index is 0.442. The Morgan fingerprint density at radius 3 is 2.00 bits per heavy atom. The molecule has 0 radical (unpaired) electrons. The van der Waals surface area contributed by atoms with Gasteiger partial charge in [0.05, 0.1) is 5.71 Å². The summed E-state index contributed by atoms with van der Waals surface area (Å²) in [6.45, 7) is 0. The molecule has 0 heterocycles. The number of thiocarbonyl (C=S) groups is 1. The molecule has 0 saturated heterocycles. The third-order valence-electron chi connectivity index (χ3n) is 3.61. The number of hydrogen-bond acceptors (Lipinski definition) is 2. The number of para-hydroxylation sites is 1. The number of rotatable bonds is 5. The molecule has 3 aromatic rings. The molecule has 0 saturated carbocycles. The van der Waals surface area contributed by atoms with E-state index in [0.29, 0.717) is 5.11 Å². The Hall–Kier alpha value is -3.24. The van der Waals surface area contributed by atoms with E-state index in [1.807, 2.05) is 103 Å². The van der Waals surface area contributed by atoms with Crippen molar-refractivity contribution in [2.45, 2.75) is 0 Å². The van der Waals surface area contributed by atoms with Gasteiger partial charge in [-0.1, -0.05) is 84.9 Å². The van der Waals surface area contributed by atoms with E-state index in [0.717, 1.165) is 22.5 Å². The highest BCUT2D eigenvalue weighted by atomic mass is 32.1.